The molecule has 40 heavy (non-hydrogen) atoms. The molecule has 0 bridgehead atoms. The summed E-state index contributed by atoms with van der Waals surface area (Å²) in [5.74, 6) is -1.48. The van der Waals surface area contributed by atoms with E-state index in [1.165, 1.54) is 19.1 Å². The molecule has 1 atom stereocenters. The molecule has 0 saturated carbocycles. The van der Waals surface area contributed by atoms with E-state index in [0.717, 1.165) is 19.6 Å². The van der Waals surface area contributed by atoms with Gasteiger partial charge in [-0.3, -0.25) is 14.5 Å². The average Bonchev–Trinajstić information content (AvgIpc) is 3.40. The molecule has 11 heteroatoms. The molecule has 2 aromatic rings. The largest absolute Gasteiger partial charge is 0.507 e. The number of nitrogens with one attached hydrogen (secondary N) is 1. The van der Waals surface area contributed by atoms with Crippen LogP contribution in [0.25, 0.3) is 5.76 Å². The predicted molar refractivity (Wildman–Crippen MR) is 147 cm³/mol. The van der Waals surface area contributed by atoms with Crippen molar-refractivity contribution in [3.8, 4) is 11.5 Å². The van der Waals surface area contributed by atoms with E-state index in [2.05, 4.69) is 9.88 Å². The number of amides is 1. The highest BCUT2D eigenvalue weighted by Crippen LogP contribution is 2.43. The number of ether oxygens (including phenoxy) is 4. The number of aromatic nitrogens is 1. The summed E-state index contributed by atoms with van der Waals surface area (Å²) in [5, 5.41) is 11.6. The molecule has 0 radical (unpaired) electrons. The highest BCUT2D eigenvalue weighted by atomic mass is 16.5. The minimum absolute atomic E-state index is 0.0517. The number of aryl methyl sites for hydroxylation is 1. The third-order valence-corrected chi connectivity index (χ3v) is 7.39. The van der Waals surface area contributed by atoms with Gasteiger partial charge in [-0.1, -0.05) is 6.07 Å². The lowest BCUT2D eigenvalue weighted by atomic mass is 9.93. The van der Waals surface area contributed by atoms with Gasteiger partial charge < -0.3 is 33.9 Å². The lowest BCUT2D eigenvalue weighted by Crippen LogP contribution is -2.39. The fourth-order valence-corrected chi connectivity index (χ4v) is 5.42. The number of aliphatic hydroxyl groups excluding tert-OH is 1. The molecule has 2 aliphatic heterocycles. The maximum atomic E-state index is 13.5. The Morgan fingerprint density at radius 1 is 1.10 bits per heavy atom. The Bertz CT molecular complexity index is 1310. The molecule has 2 fully saturated rings. The van der Waals surface area contributed by atoms with Crippen molar-refractivity contribution in [3.63, 3.8) is 0 Å². The molecule has 0 unspecified atom stereocenters. The molecule has 1 aromatic carbocycles. The number of hydrogen-bond acceptors (Lipinski definition) is 9. The number of benzene rings is 1. The SMILES string of the molecule is CCOC(=O)c1[nH]c(C)c(/C(O)=C2\C(=O)C(=O)N(CCCN3CCOCC3)[C@H]2c2ccc(OC)c(OC)c2)c1C. The van der Waals surface area contributed by atoms with Crippen LogP contribution in [0.4, 0.5) is 0 Å². The normalized spacial score (nSPS) is 19.2. The van der Waals surface area contributed by atoms with Crippen molar-refractivity contribution in [2.24, 2.45) is 0 Å². The number of Topliss-reactive ketones (excluding diaryl/α,β-unsaturated/α-hetero) is 1. The molecule has 1 amide bonds. The summed E-state index contributed by atoms with van der Waals surface area (Å²) < 4.78 is 21.4. The van der Waals surface area contributed by atoms with Gasteiger partial charge in [-0.25, -0.2) is 4.79 Å². The van der Waals surface area contributed by atoms with E-state index in [0.29, 0.717) is 60.1 Å². The van der Waals surface area contributed by atoms with E-state index in [9.17, 15) is 19.5 Å². The third kappa shape index (κ3) is 5.57. The number of methoxy groups -OCH3 is 2. The van der Waals surface area contributed by atoms with Crippen LogP contribution in [0.3, 0.4) is 0 Å². The standard InChI is InChI=1S/C29H37N3O8/c1-6-40-29(36)24-17(2)22(18(3)30-24)26(33)23-25(19-8-9-20(37-4)21(16-19)38-5)32(28(35)27(23)34)11-7-10-31-12-14-39-15-13-31/h8-9,16,25,30,33H,6-7,10-15H2,1-5H3/b26-23+/t25-/m0/s1. The summed E-state index contributed by atoms with van der Waals surface area (Å²) in [7, 11) is 3.03. The van der Waals surface area contributed by atoms with E-state index in [-0.39, 0.29) is 23.6 Å². The highest BCUT2D eigenvalue weighted by molar-refractivity contribution is 6.46. The van der Waals surface area contributed by atoms with Crippen molar-refractivity contribution in [2.45, 2.75) is 33.2 Å². The van der Waals surface area contributed by atoms with Crippen molar-refractivity contribution >= 4 is 23.4 Å². The van der Waals surface area contributed by atoms with Crippen LogP contribution in [0.15, 0.2) is 23.8 Å². The monoisotopic (exact) mass is 555 g/mol. The number of H-pyrrole nitrogens is 1. The first-order valence-corrected chi connectivity index (χ1v) is 13.4. The summed E-state index contributed by atoms with van der Waals surface area (Å²) in [4.78, 5) is 46.2. The summed E-state index contributed by atoms with van der Waals surface area (Å²) in [5.41, 5.74) is 1.91. The molecule has 0 aliphatic carbocycles. The molecule has 216 valence electrons. The van der Waals surface area contributed by atoms with Crippen LogP contribution >= 0.6 is 0 Å². The second-order valence-corrected chi connectivity index (χ2v) is 9.76. The summed E-state index contributed by atoms with van der Waals surface area (Å²) in [6.07, 6.45) is 0.631. The molecule has 2 aliphatic rings. The predicted octanol–water partition coefficient (Wildman–Crippen LogP) is 2.97. The van der Waals surface area contributed by atoms with Crippen LogP contribution in [-0.4, -0.2) is 97.8 Å². The van der Waals surface area contributed by atoms with Crippen LogP contribution in [0, 0.1) is 13.8 Å². The van der Waals surface area contributed by atoms with E-state index >= 15 is 0 Å². The Hall–Kier alpha value is -3.83. The molecule has 4 rings (SSSR count). The first-order valence-electron chi connectivity index (χ1n) is 13.4. The van der Waals surface area contributed by atoms with Gasteiger partial charge in [0.15, 0.2) is 11.5 Å². The van der Waals surface area contributed by atoms with E-state index in [1.807, 2.05) is 0 Å². The number of carbonyl (C=O) groups excluding carboxylic acids is 3. The molecule has 0 spiro atoms. The second-order valence-electron chi connectivity index (χ2n) is 9.76. The molecule has 3 heterocycles. The maximum Gasteiger partial charge on any atom is 0.355 e. The van der Waals surface area contributed by atoms with E-state index < -0.39 is 23.7 Å². The Kier molecular flexibility index (Phi) is 9.16. The molecule has 2 saturated heterocycles. The number of rotatable bonds is 10. The van der Waals surface area contributed by atoms with Gasteiger partial charge in [-0.2, -0.15) is 0 Å². The van der Waals surface area contributed by atoms with Crippen molar-refractivity contribution in [2.75, 3.05) is 60.2 Å². The van der Waals surface area contributed by atoms with Crippen molar-refractivity contribution in [3.05, 3.63) is 51.9 Å². The number of aliphatic hydroxyl groups is 1. The van der Waals surface area contributed by atoms with E-state index in [4.69, 9.17) is 18.9 Å². The van der Waals surface area contributed by atoms with Gasteiger partial charge in [-0.15, -0.1) is 0 Å². The first kappa shape index (κ1) is 29.2. The molecule has 11 nitrogen and oxygen atoms in total. The number of likely N-dealkylation sites (tertiary alicyclic amines) is 1. The number of hydrogen-bond donors (Lipinski definition) is 2. The van der Waals surface area contributed by atoms with Gasteiger partial charge >= 0.3 is 5.97 Å². The minimum Gasteiger partial charge on any atom is -0.507 e. The second kappa shape index (κ2) is 12.6. The number of nitrogens with zero attached hydrogens (tertiary/aromatic N) is 2. The molecular weight excluding hydrogens is 518 g/mol. The van der Waals surface area contributed by atoms with Gasteiger partial charge in [0, 0.05) is 37.4 Å². The molecule has 2 N–H and O–H groups in total. The van der Waals surface area contributed by atoms with Gasteiger partial charge in [-0.05, 0) is 50.5 Å². The zero-order chi connectivity index (χ0) is 29.0. The van der Waals surface area contributed by atoms with Gasteiger partial charge in [0.25, 0.3) is 11.7 Å². The molecular formula is C29H37N3O8. The number of morpholine rings is 1. The summed E-state index contributed by atoms with van der Waals surface area (Å²) in [6.45, 7) is 9.24. The van der Waals surface area contributed by atoms with Crippen LogP contribution in [0.5, 0.6) is 11.5 Å². The van der Waals surface area contributed by atoms with Crippen LogP contribution in [0.1, 0.15) is 52.3 Å². The minimum atomic E-state index is -0.871. The Labute approximate surface area is 233 Å². The Balaban J connectivity index is 1.78. The summed E-state index contributed by atoms with van der Waals surface area (Å²) in [6, 6.07) is 4.29. The van der Waals surface area contributed by atoms with Crippen LogP contribution in [0.2, 0.25) is 0 Å². The zero-order valence-electron chi connectivity index (χ0n) is 23.7. The number of carbonyl (C=O) groups is 3. The molecule has 1 aromatic heterocycles. The fourth-order valence-electron chi connectivity index (χ4n) is 5.42. The zero-order valence-corrected chi connectivity index (χ0v) is 23.7. The van der Waals surface area contributed by atoms with Crippen molar-refractivity contribution in [1.29, 1.82) is 0 Å². The number of ketones is 1. The average molecular weight is 556 g/mol. The Morgan fingerprint density at radius 3 is 2.45 bits per heavy atom. The van der Waals surface area contributed by atoms with Crippen molar-refractivity contribution in [1.82, 2.24) is 14.8 Å². The summed E-state index contributed by atoms with van der Waals surface area (Å²) >= 11 is 0. The first-order chi connectivity index (χ1) is 19.2. The smallest absolute Gasteiger partial charge is 0.355 e. The van der Waals surface area contributed by atoms with Crippen LogP contribution in [-0.2, 0) is 19.1 Å². The third-order valence-electron chi connectivity index (χ3n) is 7.39. The number of esters is 1. The lowest BCUT2D eigenvalue weighted by Gasteiger charge is -2.29. The fraction of sp³-hybridized carbons (Fsp3) is 0.483. The highest BCUT2D eigenvalue weighted by Gasteiger charge is 2.46. The van der Waals surface area contributed by atoms with E-state index in [1.54, 1.807) is 39.0 Å². The number of aromatic amines is 1. The van der Waals surface area contributed by atoms with Crippen molar-refractivity contribution < 1.29 is 38.4 Å². The Morgan fingerprint density at radius 2 is 1.80 bits per heavy atom. The lowest BCUT2D eigenvalue weighted by molar-refractivity contribution is -0.140. The van der Waals surface area contributed by atoms with Gasteiger partial charge in [0.05, 0.1) is 45.7 Å². The van der Waals surface area contributed by atoms with Crippen LogP contribution < -0.4 is 9.47 Å². The quantitative estimate of drug-likeness (QED) is 0.197. The van der Waals surface area contributed by atoms with Gasteiger partial charge in [0.1, 0.15) is 11.5 Å². The topological polar surface area (TPSA) is 131 Å². The van der Waals surface area contributed by atoms with Gasteiger partial charge in [0.2, 0.25) is 0 Å². The maximum absolute atomic E-state index is 13.5.